The Bertz CT molecular complexity index is 694. The van der Waals surface area contributed by atoms with E-state index < -0.39 is 0 Å². The van der Waals surface area contributed by atoms with E-state index in [4.69, 9.17) is 14.2 Å². The van der Waals surface area contributed by atoms with E-state index >= 15 is 0 Å². The first-order valence-electron chi connectivity index (χ1n) is 5.96. The zero-order chi connectivity index (χ0) is 13.9. The zero-order valence-corrected chi connectivity index (χ0v) is 12.0. The molecule has 2 aromatic carbocycles. The lowest BCUT2D eigenvalue weighted by molar-refractivity contribution is 0.174. The van der Waals surface area contributed by atoms with E-state index in [1.54, 1.807) is 30.3 Å². The summed E-state index contributed by atoms with van der Waals surface area (Å²) >= 11 is 3.37. The highest BCUT2D eigenvalue weighted by molar-refractivity contribution is 9.08. The van der Waals surface area contributed by atoms with Crippen LogP contribution in [0.2, 0.25) is 0 Å². The normalized spacial score (nSPS) is 12.0. The highest BCUT2D eigenvalue weighted by atomic mass is 79.9. The van der Waals surface area contributed by atoms with Gasteiger partial charge in [-0.15, -0.1) is 0 Å². The third-order valence-electron chi connectivity index (χ3n) is 2.89. The van der Waals surface area contributed by atoms with Crippen molar-refractivity contribution in [3.63, 3.8) is 0 Å². The van der Waals surface area contributed by atoms with Gasteiger partial charge in [0.15, 0.2) is 11.5 Å². The molecule has 0 atom stereocenters. The molecule has 100 valence electrons. The topological polar surface area (TPSA) is 51.5 Å². The van der Waals surface area contributed by atoms with Gasteiger partial charge in [0, 0.05) is 11.4 Å². The number of rotatable bonds is 3. The summed E-state index contributed by atoms with van der Waals surface area (Å²) in [7, 11) is 0. The number of benzene rings is 2. The Hall–Kier alpha value is -2.19. The van der Waals surface area contributed by atoms with E-state index in [2.05, 4.69) is 22.0 Å². The smallest absolute Gasteiger partial charge is 0.231 e. The first kappa shape index (κ1) is 12.8. The number of nitriles is 1. The van der Waals surface area contributed by atoms with E-state index in [-0.39, 0.29) is 6.79 Å². The third-order valence-corrected chi connectivity index (χ3v) is 3.54. The van der Waals surface area contributed by atoms with Crippen molar-refractivity contribution in [2.45, 2.75) is 5.33 Å². The van der Waals surface area contributed by atoms with Crippen LogP contribution in [0.15, 0.2) is 36.4 Å². The van der Waals surface area contributed by atoms with Crippen LogP contribution in [0.4, 0.5) is 0 Å². The van der Waals surface area contributed by atoms with Gasteiger partial charge in [0.1, 0.15) is 17.6 Å². The van der Waals surface area contributed by atoms with E-state index in [1.165, 1.54) is 0 Å². The van der Waals surface area contributed by atoms with Gasteiger partial charge < -0.3 is 14.2 Å². The number of ether oxygens (including phenoxy) is 3. The van der Waals surface area contributed by atoms with Gasteiger partial charge in [-0.05, 0) is 29.8 Å². The number of hydrogen-bond donors (Lipinski definition) is 0. The molecule has 0 fully saturated rings. The highest BCUT2D eigenvalue weighted by Gasteiger charge is 2.14. The fraction of sp³-hybridized carbons (Fsp3) is 0.133. The van der Waals surface area contributed by atoms with Crippen molar-refractivity contribution in [2.75, 3.05) is 6.79 Å². The molecule has 3 rings (SSSR count). The monoisotopic (exact) mass is 331 g/mol. The molecule has 20 heavy (non-hydrogen) atoms. The Labute approximate surface area is 124 Å². The number of nitrogens with zero attached hydrogens (tertiary/aromatic N) is 1. The summed E-state index contributed by atoms with van der Waals surface area (Å²) in [5.74, 6) is 2.49. The summed E-state index contributed by atoms with van der Waals surface area (Å²) in [4.78, 5) is 0. The molecule has 0 radical (unpaired) electrons. The lowest BCUT2D eigenvalue weighted by atomic mass is 10.1. The fourth-order valence-corrected chi connectivity index (χ4v) is 2.25. The Kier molecular flexibility index (Phi) is 3.48. The average molecular weight is 332 g/mol. The number of halogens is 1. The maximum Gasteiger partial charge on any atom is 0.231 e. The summed E-state index contributed by atoms with van der Waals surface area (Å²) in [6.45, 7) is 0.224. The molecule has 4 nitrogen and oxygen atoms in total. The van der Waals surface area contributed by atoms with Crippen LogP contribution in [-0.2, 0) is 5.33 Å². The van der Waals surface area contributed by atoms with Crippen molar-refractivity contribution >= 4 is 15.9 Å². The minimum atomic E-state index is 0.224. The van der Waals surface area contributed by atoms with Gasteiger partial charge in [0.05, 0.1) is 5.56 Å². The third kappa shape index (κ3) is 2.43. The van der Waals surface area contributed by atoms with E-state index in [0.717, 1.165) is 5.56 Å². The molecule has 0 saturated heterocycles. The first-order valence-corrected chi connectivity index (χ1v) is 7.09. The molecular formula is C15H10BrNO3. The summed E-state index contributed by atoms with van der Waals surface area (Å²) in [6.07, 6.45) is 0. The highest BCUT2D eigenvalue weighted by Crippen LogP contribution is 2.37. The molecule has 5 heteroatoms. The van der Waals surface area contributed by atoms with Gasteiger partial charge in [-0.2, -0.15) is 5.26 Å². The lowest BCUT2D eigenvalue weighted by Gasteiger charge is -2.09. The predicted molar refractivity (Wildman–Crippen MR) is 76.4 cm³/mol. The lowest BCUT2D eigenvalue weighted by Crippen LogP contribution is -1.93. The van der Waals surface area contributed by atoms with Crippen molar-refractivity contribution in [2.24, 2.45) is 0 Å². The second-order valence-electron chi connectivity index (χ2n) is 4.19. The minimum Gasteiger partial charge on any atom is -0.456 e. The average Bonchev–Trinajstić information content (AvgIpc) is 2.95. The van der Waals surface area contributed by atoms with Crippen molar-refractivity contribution in [1.29, 1.82) is 5.26 Å². The summed E-state index contributed by atoms with van der Waals surface area (Å²) in [5.41, 5.74) is 1.53. The summed E-state index contributed by atoms with van der Waals surface area (Å²) in [6, 6.07) is 13.0. The molecule has 0 bridgehead atoms. The van der Waals surface area contributed by atoms with Crippen LogP contribution in [0, 0.1) is 11.3 Å². The number of fused-ring (bicyclic) bond motifs is 1. The molecule has 0 spiro atoms. The Morgan fingerprint density at radius 2 is 2.00 bits per heavy atom. The van der Waals surface area contributed by atoms with E-state index in [0.29, 0.717) is 33.9 Å². The Morgan fingerprint density at radius 3 is 2.80 bits per heavy atom. The minimum absolute atomic E-state index is 0.224. The Balaban J connectivity index is 1.90. The van der Waals surface area contributed by atoms with Gasteiger partial charge >= 0.3 is 0 Å². The van der Waals surface area contributed by atoms with Crippen molar-refractivity contribution < 1.29 is 14.2 Å². The Morgan fingerprint density at radius 1 is 1.15 bits per heavy atom. The second kappa shape index (κ2) is 5.43. The first-order chi connectivity index (χ1) is 9.80. The maximum absolute atomic E-state index is 9.18. The molecule has 1 aliphatic rings. The molecule has 0 amide bonds. The molecule has 2 aromatic rings. The van der Waals surface area contributed by atoms with Gasteiger partial charge in [-0.3, -0.25) is 0 Å². The van der Waals surface area contributed by atoms with Crippen molar-refractivity contribution in [3.05, 3.63) is 47.5 Å². The van der Waals surface area contributed by atoms with Crippen LogP contribution in [0.1, 0.15) is 11.1 Å². The summed E-state index contributed by atoms with van der Waals surface area (Å²) in [5, 5.41) is 9.88. The van der Waals surface area contributed by atoms with Crippen LogP contribution >= 0.6 is 15.9 Å². The van der Waals surface area contributed by atoms with Crippen LogP contribution in [0.5, 0.6) is 23.0 Å². The van der Waals surface area contributed by atoms with Gasteiger partial charge in [0.2, 0.25) is 6.79 Å². The number of hydrogen-bond acceptors (Lipinski definition) is 4. The quantitative estimate of drug-likeness (QED) is 0.798. The van der Waals surface area contributed by atoms with Crippen molar-refractivity contribution in [3.8, 4) is 29.1 Å². The van der Waals surface area contributed by atoms with Crippen LogP contribution < -0.4 is 14.2 Å². The van der Waals surface area contributed by atoms with E-state index in [1.807, 2.05) is 6.07 Å². The fourth-order valence-electron chi connectivity index (χ4n) is 1.90. The predicted octanol–water partition coefficient (Wildman–Crippen LogP) is 3.97. The largest absolute Gasteiger partial charge is 0.456 e. The van der Waals surface area contributed by atoms with Gasteiger partial charge in [-0.25, -0.2) is 0 Å². The van der Waals surface area contributed by atoms with Gasteiger partial charge in [0.25, 0.3) is 0 Å². The van der Waals surface area contributed by atoms with E-state index in [9.17, 15) is 5.26 Å². The molecule has 1 heterocycles. The molecule has 1 aliphatic heterocycles. The van der Waals surface area contributed by atoms with Gasteiger partial charge in [-0.1, -0.05) is 22.0 Å². The zero-order valence-electron chi connectivity index (χ0n) is 10.4. The van der Waals surface area contributed by atoms with Crippen molar-refractivity contribution in [1.82, 2.24) is 0 Å². The number of alkyl halides is 1. The molecule has 0 aromatic heterocycles. The standard InChI is InChI=1S/C15H10BrNO3/c16-7-10-1-3-13(11(5-10)8-17)20-12-2-4-14-15(6-12)19-9-18-14/h1-6H,7,9H2. The van der Waals surface area contributed by atoms with Crippen LogP contribution in [0.3, 0.4) is 0 Å². The SMILES string of the molecule is N#Cc1cc(CBr)ccc1Oc1ccc2c(c1)OCO2. The summed E-state index contributed by atoms with van der Waals surface area (Å²) < 4.78 is 16.3. The molecular weight excluding hydrogens is 322 g/mol. The molecule has 0 N–H and O–H groups in total. The maximum atomic E-state index is 9.18. The van der Waals surface area contributed by atoms with Crippen LogP contribution in [0.25, 0.3) is 0 Å². The molecule has 0 unspecified atom stereocenters. The van der Waals surface area contributed by atoms with Crippen LogP contribution in [-0.4, -0.2) is 6.79 Å². The molecule has 0 aliphatic carbocycles. The molecule has 0 saturated carbocycles. The second-order valence-corrected chi connectivity index (χ2v) is 4.75.